The minimum atomic E-state index is -0.478. The Hall–Kier alpha value is -1.21. The zero-order valence-electron chi connectivity index (χ0n) is 13.1. The summed E-state index contributed by atoms with van der Waals surface area (Å²) in [4.78, 5) is 4.54. The summed E-state index contributed by atoms with van der Waals surface area (Å²) in [6, 6.07) is 5.88. The highest BCUT2D eigenvalue weighted by molar-refractivity contribution is 5.21. The van der Waals surface area contributed by atoms with Gasteiger partial charge in [0.1, 0.15) is 18.2 Å². The zero-order chi connectivity index (χ0) is 15.8. The monoisotopic (exact) mass is 312 g/mol. The van der Waals surface area contributed by atoms with Gasteiger partial charge in [-0.25, -0.2) is 4.39 Å². The zero-order valence-corrected chi connectivity index (χ0v) is 13.1. The van der Waals surface area contributed by atoms with Crippen LogP contribution in [0.2, 0.25) is 0 Å². The fourth-order valence-corrected chi connectivity index (χ4v) is 2.35. The molecule has 1 fully saturated rings. The van der Waals surface area contributed by atoms with E-state index in [1.807, 2.05) is 0 Å². The van der Waals surface area contributed by atoms with Crippen molar-refractivity contribution in [3.8, 4) is 5.75 Å². The molecule has 1 aromatic rings. The SMILES string of the molecule is CN1CCN(C[C@@H](O)COCCOc2ccc(F)cc2)CC1. The van der Waals surface area contributed by atoms with E-state index < -0.39 is 6.10 Å². The standard InChI is InChI=1S/C16H25FN2O3/c1-18-6-8-19(9-7-18)12-15(20)13-21-10-11-22-16-4-2-14(17)3-5-16/h2-5,15,20H,6-13H2,1H3/t15-/m1/s1. The summed E-state index contributed by atoms with van der Waals surface area (Å²) in [5, 5.41) is 9.95. The quantitative estimate of drug-likeness (QED) is 0.721. The van der Waals surface area contributed by atoms with E-state index in [2.05, 4.69) is 16.8 Å². The number of hydrogen-bond donors (Lipinski definition) is 1. The van der Waals surface area contributed by atoms with Crippen LogP contribution in [0.4, 0.5) is 4.39 Å². The molecule has 1 N–H and O–H groups in total. The van der Waals surface area contributed by atoms with Crippen molar-refractivity contribution in [1.29, 1.82) is 0 Å². The number of rotatable bonds is 8. The van der Waals surface area contributed by atoms with Crippen LogP contribution < -0.4 is 4.74 Å². The molecule has 0 radical (unpaired) electrons. The lowest BCUT2D eigenvalue weighted by molar-refractivity contribution is 0.00149. The maximum atomic E-state index is 12.7. The van der Waals surface area contributed by atoms with E-state index in [9.17, 15) is 9.50 Å². The van der Waals surface area contributed by atoms with Gasteiger partial charge in [-0.15, -0.1) is 0 Å². The van der Waals surface area contributed by atoms with Crippen molar-refractivity contribution < 1.29 is 19.0 Å². The van der Waals surface area contributed by atoms with E-state index in [4.69, 9.17) is 9.47 Å². The van der Waals surface area contributed by atoms with Crippen LogP contribution in [0.25, 0.3) is 0 Å². The first kappa shape index (κ1) is 17.1. The third-order valence-corrected chi connectivity index (χ3v) is 3.69. The number of piperazine rings is 1. The minimum absolute atomic E-state index is 0.282. The number of aliphatic hydroxyl groups excluding tert-OH is 1. The Balaban J connectivity index is 1.51. The molecule has 2 rings (SSSR count). The number of hydrogen-bond acceptors (Lipinski definition) is 5. The highest BCUT2D eigenvalue weighted by Gasteiger charge is 2.16. The molecular weight excluding hydrogens is 287 g/mol. The first-order valence-electron chi connectivity index (χ1n) is 7.68. The average molecular weight is 312 g/mol. The molecule has 0 aromatic heterocycles. The van der Waals surface area contributed by atoms with Crippen LogP contribution in [-0.4, -0.2) is 80.6 Å². The fraction of sp³-hybridized carbons (Fsp3) is 0.625. The molecular formula is C16H25FN2O3. The van der Waals surface area contributed by atoms with Crippen LogP contribution >= 0.6 is 0 Å². The van der Waals surface area contributed by atoms with Crippen molar-refractivity contribution >= 4 is 0 Å². The Morgan fingerprint density at radius 1 is 1.14 bits per heavy atom. The van der Waals surface area contributed by atoms with E-state index in [1.54, 1.807) is 12.1 Å². The molecule has 6 heteroatoms. The summed E-state index contributed by atoms with van der Waals surface area (Å²) in [5.74, 6) is 0.332. The number of ether oxygens (including phenoxy) is 2. The van der Waals surface area contributed by atoms with Gasteiger partial charge in [0, 0.05) is 32.7 Å². The molecule has 1 heterocycles. The largest absolute Gasteiger partial charge is 0.491 e. The lowest BCUT2D eigenvalue weighted by atomic mass is 10.3. The predicted octanol–water partition coefficient (Wildman–Crippen LogP) is 0.829. The highest BCUT2D eigenvalue weighted by Crippen LogP contribution is 2.10. The van der Waals surface area contributed by atoms with Crippen molar-refractivity contribution in [2.45, 2.75) is 6.10 Å². The second-order valence-corrected chi connectivity index (χ2v) is 5.64. The number of benzene rings is 1. The van der Waals surface area contributed by atoms with E-state index in [0.717, 1.165) is 26.2 Å². The van der Waals surface area contributed by atoms with Crippen LogP contribution in [-0.2, 0) is 4.74 Å². The molecule has 1 atom stereocenters. The van der Waals surface area contributed by atoms with Gasteiger partial charge < -0.3 is 19.5 Å². The van der Waals surface area contributed by atoms with Gasteiger partial charge in [0.2, 0.25) is 0 Å². The second-order valence-electron chi connectivity index (χ2n) is 5.64. The van der Waals surface area contributed by atoms with Crippen LogP contribution in [0.15, 0.2) is 24.3 Å². The number of nitrogens with zero attached hydrogens (tertiary/aromatic N) is 2. The number of β-amino-alcohol motifs (C(OH)–C–C–N with tert-alkyl or cyclic N) is 1. The molecule has 124 valence electrons. The highest BCUT2D eigenvalue weighted by atomic mass is 19.1. The first-order valence-corrected chi connectivity index (χ1v) is 7.68. The van der Waals surface area contributed by atoms with Gasteiger partial charge in [-0.1, -0.05) is 0 Å². The average Bonchev–Trinajstić information content (AvgIpc) is 2.51. The Morgan fingerprint density at radius 2 is 1.82 bits per heavy atom. The maximum Gasteiger partial charge on any atom is 0.123 e. The topological polar surface area (TPSA) is 45.2 Å². The van der Waals surface area contributed by atoms with E-state index in [-0.39, 0.29) is 5.82 Å². The minimum Gasteiger partial charge on any atom is -0.491 e. The summed E-state index contributed by atoms with van der Waals surface area (Å²) in [6.07, 6.45) is -0.478. The van der Waals surface area contributed by atoms with Crippen molar-refractivity contribution in [1.82, 2.24) is 9.80 Å². The number of likely N-dealkylation sites (N-methyl/N-ethyl adjacent to an activating group) is 1. The summed E-state index contributed by atoms with van der Waals surface area (Å²) in [5.41, 5.74) is 0. The lowest BCUT2D eigenvalue weighted by Crippen LogP contribution is -2.47. The van der Waals surface area contributed by atoms with Crippen LogP contribution in [0.1, 0.15) is 0 Å². The summed E-state index contributed by atoms with van der Waals surface area (Å²) < 4.78 is 23.6. The molecule has 1 saturated heterocycles. The number of aliphatic hydroxyl groups is 1. The molecule has 1 aromatic carbocycles. The molecule has 1 aliphatic heterocycles. The molecule has 5 nitrogen and oxygen atoms in total. The smallest absolute Gasteiger partial charge is 0.123 e. The molecule has 22 heavy (non-hydrogen) atoms. The van der Waals surface area contributed by atoms with Gasteiger partial charge >= 0.3 is 0 Å². The Bertz CT molecular complexity index is 422. The molecule has 0 spiro atoms. The first-order chi connectivity index (χ1) is 10.6. The Morgan fingerprint density at radius 3 is 2.50 bits per heavy atom. The summed E-state index contributed by atoms with van der Waals surface area (Å²) in [7, 11) is 2.11. The second kappa shape index (κ2) is 9.05. The van der Waals surface area contributed by atoms with Crippen LogP contribution in [0, 0.1) is 5.82 Å². The Kier molecular flexibility index (Phi) is 7.05. The molecule has 0 aliphatic carbocycles. The van der Waals surface area contributed by atoms with Gasteiger partial charge in [-0.3, -0.25) is 4.90 Å². The van der Waals surface area contributed by atoms with Gasteiger partial charge in [0.05, 0.1) is 19.3 Å². The summed E-state index contributed by atoms with van der Waals surface area (Å²) in [6.45, 7) is 5.79. The molecule has 1 aliphatic rings. The normalized spacial score (nSPS) is 18.3. The molecule has 0 amide bonds. The predicted molar refractivity (Wildman–Crippen MR) is 82.7 cm³/mol. The molecule has 0 unspecified atom stereocenters. The summed E-state index contributed by atoms with van der Waals surface area (Å²) >= 11 is 0. The van der Waals surface area contributed by atoms with Crippen LogP contribution in [0.3, 0.4) is 0 Å². The fourth-order valence-electron chi connectivity index (χ4n) is 2.35. The lowest BCUT2D eigenvalue weighted by Gasteiger charge is -2.33. The third-order valence-electron chi connectivity index (χ3n) is 3.69. The third kappa shape index (κ3) is 6.27. The van der Waals surface area contributed by atoms with E-state index >= 15 is 0 Å². The van der Waals surface area contributed by atoms with Crippen molar-refractivity contribution in [3.05, 3.63) is 30.1 Å². The molecule has 0 bridgehead atoms. The van der Waals surface area contributed by atoms with Gasteiger partial charge in [-0.05, 0) is 31.3 Å². The van der Waals surface area contributed by atoms with Crippen molar-refractivity contribution in [2.75, 3.05) is 59.6 Å². The van der Waals surface area contributed by atoms with Gasteiger partial charge in [-0.2, -0.15) is 0 Å². The van der Waals surface area contributed by atoms with Crippen LogP contribution in [0.5, 0.6) is 5.75 Å². The van der Waals surface area contributed by atoms with E-state index in [1.165, 1.54) is 12.1 Å². The Labute approximate surface area is 131 Å². The van der Waals surface area contributed by atoms with E-state index in [0.29, 0.717) is 32.1 Å². The van der Waals surface area contributed by atoms with Gasteiger partial charge in [0.15, 0.2) is 0 Å². The van der Waals surface area contributed by atoms with Gasteiger partial charge in [0.25, 0.3) is 0 Å². The van der Waals surface area contributed by atoms with Crippen molar-refractivity contribution in [3.63, 3.8) is 0 Å². The van der Waals surface area contributed by atoms with Crippen molar-refractivity contribution in [2.24, 2.45) is 0 Å². The number of halogens is 1. The maximum absolute atomic E-state index is 12.7. The molecule has 0 saturated carbocycles.